The fraction of sp³-hybridized carbons (Fsp3) is 0.121. The van der Waals surface area contributed by atoms with Crippen molar-refractivity contribution in [2.24, 2.45) is 0 Å². The molecule has 0 bridgehead atoms. The van der Waals surface area contributed by atoms with Gasteiger partial charge in [0.15, 0.2) is 0 Å². The fourth-order valence-electron chi connectivity index (χ4n) is 11.1. The number of aromatic nitrogens is 6. The Hall–Kier alpha value is -8.74. The number of para-hydroxylation sites is 4. The van der Waals surface area contributed by atoms with Crippen LogP contribution in [0.1, 0.15) is 58.2 Å². The van der Waals surface area contributed by atoms with Gasteiger partial charge in [-0.25, -0.2) is 9.97 Å². The van der Waals surface area contributed by atoms with Gasteiger partial charge in [0.05, 0.1) is 27.5 Å². The van der Waals surface area contributed by atoms with Crippen molar-refractivity contribution in [2.75, 3.05) is 0 Å². The SMILES string of the molecule is [2H]c1ccc2c(c1)c1cc3c4cc([2H])ccc4n(-c4ccc(C(C)(C)C)cc4)c3nc1n2-c1ccc(-c2ccc(-n3c4ccc([2H])cc4c4cc5c6cc([2H])ccc6n(-c6ccc(C(C)(C)C)cc6)c5nc43)cc2)cc1. The Kier molecular flexibility index (Phi) is 8.13. The molecule has 14 aromatic rings. The highest BCUT2D eigenvalue weighted by Crippen LogP contribution is 2.41. The van der Waals surface area contributed by atoms with Crippen LogP contribution in [0.4, 0.5) is 0 Å². The van der Waals surface area contributed by atoms with Crippen molar-refractivity contribution in [2.45, 2.75) is 52.4 Å². The van der Waals surface area contributed by atoms with E-state index in [1.165, 1.54) is 11.1 Å². The van der Waals surface area contributed by atoms with Crippen molar-refractivity contribution in [3.05, 3.63) is 217 Å². The summed E-state index contributed by atoms with van der Waals surface area (Å²) < 4.78 is 43.4. The van der Waals surface area contributed by atoms with Crippen LogP contribution in [0.3, 0.4) is 0 Å². The van der Waals surface area contributed by atoms with E-state index in [2.05, 4.69) is 169 Å². The van der Waals surface area contributed by atoms with E-state index in [0.717, 1.165) is 122 Å². The Labute approximate surface area is 423 Å². The van der Waals surface area contributed by atoms with Crippen molar-refractivity contribution >= 4 is 87.7 Å². The average molecular weight is 933 g/mol. The molecule has 0 fully saturated rings. The first kappa shape index (κ1) is 38.1. The van der Waals surface area contributed by atoms with Gasteiger partial charge in [-0.2, -0.15) is 0 Å². The van der Waals surface area contributed by atoms with Crippen molar-refractivity contribution in [3.63, 3.8) is 0 Å². The normalized spacial score (nSPS) is 13.4. The Morgan fingerprint density at radius 3 is 0.806 bits per heavy atom. The zero-order valence-electron chi connectivity index (χ0n) is 45.0. The molecule has 346 valence electrons. The average Bonchev–Trinajstić information content (AvgIpc) is 4.14. The third-order valence-corrected chi connectivity index (χ3v) is 14.9. The standard InChI is InChI=1S/C66H52N6/c1-65(2,3)43-27-35-47(36-28-43)71-59-21-13-9-17-51(59)55-39-53-49-15-7-11-19-57(49)69(61(53)67-63(55)71)45-31-23-41(24-32-45)42-25-33-46(34-26-42)70-58-20-12-8-16-50(58)54-40-56-52-18-10-14-22-60(52)72(64(56)68-62(54)70)48-37-29-44(30-38-48)66(4,5)6/h7-40H,1-6H3/i7D,8D,9D,10D. The molecule has 0 amide bonds. The zero-order valence-corrected chi connectivity index (χ0v) is 41.0. The maximum absolute atomic E-state index is 8.68. The summed E-state index contributed by atoms with van der Waals surface area (Å²) >= 11 is 0. The maximum Gasteiger partial charge on any atom is 0.148 e. The minimum absolute atomic E-state index is 0.00815. The molecule has 0 aliphatic heterocycles. The van der Waals surface area contributed by atoms with Crippen molar-refractivity contribution in [1.29, 1.82) is 0 Å². The van der Waals surface area contributed by atoms with E-state index in [9.17, 15) is 0 Å². The molecule has 6 heterocycles. The molecule has 14 rings (SSSR count). The molecule has 0 saturated heterocycles. The highest BCUT2D eigenvalue weighted by molar-refractivity contribution is 6.18. The number of fused-ring (bicyclic) bond motifs is 12. The number of nitrogens with zero attached hydrogens (tertiary/aromatic N) is 6. The second-order valence-electron chi connectivity index (χ2n) is 21.3. The van der Waals surface area contributed by atoms with Gasteiger partial charge in [0.25, 0.3) is 0 Å². The third kappa shape index (κ3) is 6.34. The first-order chi connectivity index (χ1) is 36.6. The molecule has 0 aliphatic rings. The summed E-state index contributed by atoms with van der Waals surface area (Å²) in [5, 5.41) is 7.66. The lowest BCUT2D eigenvalue weighted by atomic mass is 9.87. The predicted octanol–water partition coefficient (Wildman–Crippen LogP) is 17.1. The summed E-state index contributed by atoms with van der Waals surface area (Å²) in [6.07, 6.45) is 0. The second-order valence-corrected chi connectivity index (χ2v) is 21.3. The molecule has 6 heteroatoms. The maximum atomic E-state index is 8.68. The van der Waals surface area contributed by atoms with Crippen LogP contribution in [-0.2, 0) is 10.8 Å². The van der Waals surface area contributed by atoms with Gasteiger partial charge in [0.1, 0.15) is 22.6 Å². The van der Waals surface area contributed by atoms with Crippen LogP contribution in [0.2, 0.25) is 0 Å². The fourth-order valence-corrected chi connectivity index (χ4v) is 11.1. The van der Waals surface area contributed by atoms with Crippen LogP contribution >= 0.6 is 0 Å². The molecule has 8 aromatic carbocycles. The van der Waals surface area contributed by atoms with Crippen LogP contribution in [0.5, 0.6) is 0 Å². The number of rotatable bonds is 5. The predicted molar refractivity (Wildman–Crippen MR) is 302 cm³/mol. The van der Waals surface area contributed by atoms with Crippen molar-refractivity contribution < 1.29 is 5.48 Å². The smallest absolute Gasteiger partial charge is 0.148 e. The lowest BCUT2D eigenvalue weighted by molar-refractivity contribution is 0.590. The molecule has 0 aliphatic carbocycles. The minimum atomic E-state index is 0.00815. The van der Waals surface area contributed by atoms with Crippen molar-refractivity contribution in [3.8, 4) is 33.9 Å². The molecule has 6 aromatic heterocycles. The summed E-state index contributed by atoms with van der Waals surface area (Å²) in [5.74, 6) is 0. The zero-order chi connectivity index (χ0) is 52.1. The summed E-state index contributed by atoms with van der Waals surface area (Å²) in [7, 11) is 0. The number of pyridine rings is 2. The second kappa shape index (κ2) is 15.4. The van der Waals surface area contributed by atoms with Gasteiger partial charge in [0.2, 0.25) is 0 Å². The van der Waals surface area contributed by atoms with E-state index in [1.807, 2.05) is 72.8 Å². The van der Waals surface area contributed by atoms with Crippen LogP contribution in [0.25, 0.3) is 122 Å². The van der Waals surface area contributed by atoms with Crippen LogP contribution in [0.15, 0.2) is 206 Å². The van der Waals surface area contributed by atoms with E-state index in [1.54, 1.807) is 0 Å². The van der Waals surface area contributed by atoms with Crippen LogP contribution < -0.4 is 0 Å². The number of hydrogen-bond donors (Lipinski definition) is 0. The van der Waals surface area contributed by atoms with Crippen molar-refractivity contribution in [1.82, 2.24) is 28.2 Å². The third-order valence-electron chi connectivity index (χ3n) is 14.9. The molecular weight excluding hydrogens is 877 g/mol. The molecule has 0 N–H and O–H groups in total. The van der Waals surface area contributed by atoms with E-state index in [0.29, 0.717) is 24.2 Å². The van der Waals surface area contributed by atoms with Gasteiger partial charge < -0.3 is 0 Å². The topological polar surface area (TPSA) is 45.5 Å². The van der Waals surface area contributed by atoms with E-state index in [4.69, 9.17) is 15.5 Å². The van der Waals surface area contributed by atoms with Gasteiger partial charge in [-0.05, 0) is 118 Å². The monoisotopic (exact) mass is 932 g/mol. The number of benzene rings is 8. The summed E-state index contributed by atoms with van der Waals surface area (Å²) in [4.78, 5) is 11.1. The van der Waals surface area contributed by atoms with Crippen LogP contribution in [0, 0.1) is 0 Å². The highest BCUT2D eigenvalue weighted by atomic mass is 15.1. The van der Waals surface area contributed by atoms with Gasteiger partial charge in [-0.3, -0.25) is 18.3 Å². The molecule has 0 radical (unpaired) electrons. The first-order valence-electron chi connectivity index (χ1n) is 26.7. The molecule has 0 spiro atoms. The molecule has 6 nitrogen and oxygen atoms in total. The molecule has 0 unspecified atom stereocenters. The van der Waals surface area contributed by atoms with Gasteiger partial charge in [-0.1, -0.05) is 163 Å². The van der Waals surface area contributed by atoms with Gasteiger partial charge >= 0.3 is 0 Å². The van der Waals surface area contributed by atoms with E-state index < -0.39 is 0 Å². The Balaban J connectivity index is 0.885. The van der Waals surface area contributed by atoms with E-state index >= 15 is 0 Å². The lowest BCUT2D eigenvalue weighted by Crippen LogP contribution is -2.10. The summed E-state index contributed by atoms with van der Waals surface area (Å²) in [6.45, 7) is 13.3. The Bertz CT molecular complexity index is 4410. The summed E-state index contributed by atoms with van der Waals surface area (Å²) in [6, 6.07) is 64.0. The summed E-state index contributed by atoms with van der Waals surface area (Å²) in [5.41, 5.74) is 15.6. The quantitative estimate of drug-likeness (QED) is 0.173. The van der Waals surface area contributed by atoms with E-state index in [-0.39, 0.29) is 10.8 Å². The largest absolute Gasteiger partial charge is 0.294 e. The number of hydrogen-bond acceptors (Lipinski definition) is 2. The Morgan fingerprint density at radius 2 is 0.556 bits per heavy atom. The highest BCUT2D eigenvalue weighted by Gasteiger charge is 2.23. The van der Waals surface area contributed by atoms with Gasteiger partial charge in [-0.15, -0.1) is 0 Å². The Morgan fingerprint density at radius 1 is 0.306 bits per heavy atom. The minimum Gasteiger partial charge on any atom is -0.294 e. The molecule has 0 atom stereocenters. The van der Waals surface area contributed by atoms with Gasteiger partial charge in [0, 0.05) is 65.8 Å². The van der Waals surface area contributed by atoms with Crippen LogP contribution in [-0.4, -0.2) is 28.2 Å². The molecule has 72 heavy (non-hydrogen) atoms. The lowest BCUT2D eigenvalue weighted by Gasteiger charge is -2.19. The molecule has 0 saturated carbocycles. The molecular formula is C66H52N6. The first-order valence-corrected chi connectivity index (χ1v) is 24.7.